The van der Waals surface area contributed by atoms with Crippen LogP contribution in [-0.4, -0.2) is 33.1 Å². The third-order valence-corrected chi connectivity index (χ3v) is 9.88. The van der Waals surface area contributed by atoms with Crippen LogP contribution in [0.4, 0.5) is 0 Å². The molecule has 3 aliphatic rings. The topological polar surface area (TPSA) is 60.7 Å². The Labute approximate surface area is 215 Å². The fourth-order valence-electron chi connectivity index (χ4n) is 7.06. The van der Waals surface area contributed by atoms with Crippen LogP contribution in [0.15, 0.2) is 47.6 Å². The van der Waals surface area contributed by atoms with Crippen LogP contribution in [0.25, 0.3) is 0 Å². The van der Waals surface area contributed by atoms with E-state index in [0.29, 0.717) is 47.5 Å². The average molecular weight is 485 g/mol. The zero-order valence-electron chi connectivity index (χ0n) is 23.3. The van der Waals surface area contributed by atoms with Crippen molar-refractivity contribution in [2.45, 2.75) is 117 Å². The zero-order chi connectivity index (χ0) is 26.0. The van der Waals surface area contributed by atoms with Gasteiger partial charge in [-0.2, -0.15) is 0 Å². The molecule has 0 aliphatic heterocycles. The Morgan fingerprint density at radius 2 is 1.71 bits per heavy atom. The molecule has 3 nitrogen and oxygen atoms in total. The van der Waals surface area contributed by atoms with Gasteiger partial charge in [0.15, 0.2) is 0 Å². The fraction of sp³-hybridized carbons (Fsp3) is 0.750. The lowest BCUT2D eigenvalue weighted by molar-refractivity contribution is 0.0110. The Hall–Kier alpha value is -1.16. The predicted octanol–water partition coefficient (Wildman–Crippen LogP) is 7.14. The number of rotatable bonds is 8. The van der Waals surface area contributed by atoms with Gasteiger partial charge in [0.25, 0.3) is 0 Å². The number of aliphatic hydroxyl groups excluding tert-OH is 2. The van der Waals surface area contributed by atoms with Crippen LogP contribution < -0.4 is 0 Å². The summed E-state index contributed by atoms with van der Waals surface area (Å²) in [7, 11) is 0. The molecule has 0 bridgehead atoms. The second-order valence-corrected chi connectivity index (χ2v) is 13.0. The van der Waals surface area contributed by atoms with E-state index in [0.717, 1.165) is 24.8 Å². The van der Waals surface area contributed by atoms with Gasteiger partial charge in [0.1, 0.15) is 0 Å². The summed E-state index contributed by atoms with van der Waals surface area (Å²) < 4.78 is 0. The summed E-state index contributed by atoms with van der Waals surface area (Å²) in [6.07, 6.45) is 17.2. The van der Waals surface area contributed by atoms with E-state index in [1.807, 2.05) is 6.92 Å². The summed E-state index contributed by atoms with van der Waals surface area (Å²) in [5.74, 6) is 2.55. The average Bonchev–Trinajstić information content (AvgIpc) is 3.15. The first kappa shape index (κ1) is 28.4. The highest BCUT2D eigenvalue weighted by atomic mass is 16.3. The van der Waals surface area contributed by atoms with Gasteiger partial charge in [0.2, 0.25) is 0 Å². The van der Waals surface area contributed by atoms with Crippen LogP contribution in [0.1, 0.15) is 99.3 Å². The van der Waals surface area contributed by atoms with Gasteiger partial charge in [-0.25, -0.2) is 0 Å². The lowest BCUT2D eigenvalue weighted by Crippen LogP contribution is -2.36. The molecule has 0 saturated heterocycles. The molecule has 3 fully saturated rings. The normalized spacial score (nSPS) is 36.5. The molecule has 3 rings (SSSR count). The van der Waals surface area contributed by atoms with Gasteiger partial charge in [-0.05, 0) is 99.4 Å². The number of hydrogen-bond donors (Lipinski definition) is 3. The van der Waals surface area contributed by atoms with Crippen molar-refractivity contribution in [3.05, 3.63) is 47.6 Å². The minimum Gasteiger partial charge on any atom is -0.390 e. The van der Waals surface area contributed by atoms with Crippen molar-refractivity contribution in [2.75, 3.05) is 0 Å². The standard InChI is InChI=1S/C32H52O3/c1-21(2)16-18-32(7,35)23(4)11-10-22(3)27-14-15-28-26(9-8-17-31(27,28)6)13-12-25-19-29(33)24(5)30(34)20-25/h10-13,21-23,27-30,33-35H,5,8-9,14-20H2,1-4,6-7H3/b11-10+,26-13+/t22-,23+,27+,28-,29+,30+,31+,32?/m0/s1. The van der Waals surface area contributed by atoms with Crippen LogP contribution in [0.3, 0.4) is 0 Å². The maximum absolute atomic E-state index is 11.0. The van der Waals surface area contributed by atoms with E-state index in [2.05, 4.69) is 65.5 Å². The van der Waals surface area contributed by atoms with E-state index in [9.17, 15) is 15.3 Å². The highest BCUT2D eigenvalue weighted by Gasteiger charge is 2.50. The molecular formula is C32H52O3. The number of fused-ring (bicyclic) bond motifs is 1. The van der Waals surface area contributed by atoms with E-state index in [-0.39, 0.29) is 5.92 Å². The van der Waals surface area contributed by atoms with Crippen molar-refractivity contribution in [3.8, 4) is 0 Å². The molecule has 0 aromatic carbocycles. The van der Waals surface area contributed by atoms with E-state index in [1.165, 1.54) is 25.7 Å². The number of allylic oxidation sites excluding steroid dienone is 4. The van der Waals surface area contributed by atoms with Gasteiger partial charge in [-0.15, -0.1) is 0 Å². The highest BCUT2D eigenvalue weighted by Crippen LogP contribution is 2.59. The van der Waals surface area contributed by atoms with E-state index >= 15 is 0 Å². The van der Waals surface area contributed by atoms with E-state index in [1.54, 1.807) is 5.57 Å². The molecule has 0 aromatic heterocycles. The smallest absolute Gasteiger partial charge is 0.0809 e. The van der Waals surface area contributed by atoms with Crippen molar-refractivity contribution >= 4 is 0 Å². The lowest BCUT2D eigenvalue weighted by Gasteiger charge is -2.44. The first-order valence-electron chi connectivity index (χ1n) is 14.2. The van der Waals surface area contributed by atoms with Crippen LogP contribution in [0.5, 0.6) is 0 Å². The summed E-state index contributed by atoms with van der Waals surface area (Å²) in [4.78, 5) is 0. The van der Waals surface area contributed by atoms with Crippen molar-refractivity contribution in [2.24, 2.45) is 35.0 Å². The Kier molecular flexibility index (Phi) is 9.32. The summed E-state index contributed by atoms with van der Waals surface area (Å²) in [6, 6.07) is 0. The fourth-order valence-corrected chi connectivity index (χ4v) is 7.06. The van der Waals surface area contributed by atoms with Crippen LogP contribution in [-0.2, 0) is 0 Å². The van der Waals surface area contributed by atoms with Gasteiger partial charge in [0, 0.05) is 5.92 Å². The second-order valence-electron chi connectivity index (χ2n) is 13.0. The molecule has 198 valence electrons. The minimum atomic E-state index is -0.649. The van der Waals surface area contributed by atoms with E-state index < -0.39 is 17.8 Å². The third-order valence-electron chi connectivity index (χ3n) is 9.88. The van der Waals surface area contributed by atoms with Crippen molar-refractivity contribution in [3.63, 3.8) is 0 Å². The second kappa shape index (κ2) is 11.5. The molecule has 0 radical (unpaired) electrons. The zero-order valence-corrected chi connectivity index (χ0v) is 23.3. The number of aliphatic hydroxyl groups is 3. The van der Waals surface area contributed by atoms with Gasteiger partial charge in [-0.1, -0.05) is 76.6 Å². The molecule has 3 N–H and O–H groups in total. The van der Waals surface area contributed by atoms with Gasteiger partial charge in [-0.3, -0.25) is 0 Å². The molecule has 0 heterocycles. The quantitative estimate of drug-likeness (QED) is 0.321. The molecule has 1 unspecified atom stereocenters. The molecule has 3 aliphatic carbocycles. The lowest BCUT2D eigenvalue weighted by atomic mass is 9.61. The largest absolute Gasteiger partial charge is 0.390 e. The molecule has 3 saturated carbocycles. The summed E-state index contributed by atoms with van der Waals surface area (Å²) >= 11 is 0. The van der Waals surface area contributed by atoms with Gasteiger partial charge in [0.05, 0.1) is 17.8 Å². The van der Waals surface area contributed by atoms with Crippen LogP contribution >= 0.6 is 0 Å². The monoisotopic (exact) mass is 484 g/mol. The Balaban J connectivity index is 1.68. The summed E-state index contributed by atoms with van der Waals surface area (Å²) in [5.41, 5.74) is 2.90. The first-order chi connectivity index (χ1) is 16.3. The molecular weight excluding hydrogens is 432 g/mol. The van der Waals surface area contributed by atoms with Crippen molar-refractivity contribution in [1.82, 2.24) is 0 Å². The Bertz CT molecular complexity index is 816. The molecule has 3 heteroatoms. The molecule has 0 amide bonds. The Morgan fingerprint density at radius 1 is 1.06 bits per heavy atom. The molecule has 35 heavy (non-hydrogen) atoms. The molecule has 0 spiro atoms. The Morgan fingerprint density at radius 3 is 2.34 bits per heavy atom. The molecule has 8 atom stereocenters. The first-order valence-corrected chi connectivity index (χ1v) is 14.2. The maximum Gasteiger partial charge on any atom is 0.0809 e. The van der Waals surface area contributed by atoms with E-state index in [4.69, 9.17) is 0 Å². The maximum atomic E-state index is 11.0. The van der Waals surface area contributed by atoms with Gasteiger partial charge >= 0.3 is 0 Å². The summed E-state index contributed by atoms with van der Waals surface area (Å²) in [5, 5.41) is 31.4. The summed E-state index contributed by atoms with van der Waals surface area (Å²) in [6.45, 7) is 17.3. The van der Waals surface area contributed by atoms with Crippen molar-refractivity contribution < 1.29 is 15.3 Å². The molecule has 0 aromatic rings. The van der Waals surface area contributed by atoms with Crippen molar-refractivity contribution in [1.29, 1.82) is 0 Å². The number of hydrogen-bond acceptors (Lipinski definition) is 3. The highest BCUT2D eigenvalue weighted by molar-refractivity contribution is 5.29. The van der Waals surface area contributed by atoms with Crippen LogP contribution in [0.2, 0.25) is 0 Å². The predicted molar refractivity (Wildman–Crippen MR) is 147 cm³/mol. The third kappa shape index (κ3) is 6.59. The SMILES string of the molecule is C=C1[C@H](O)CC(=C/C=C2\CCC[C@]3(C)[C@@H]([C@@H](C)/C=C/[C@@H](C)C(C)(O)CCC(C)C)CC[C@@H]23)C[C@H]1O. The van der Waals surface area contributed by atoms with Crippen LogP contribution in [0, 0.1) is 35.0 Å². The van der Waals surface area contributed by atoms with Gasteiger partial charge < -0.3 is 15.3 Å². The minimum absolute atomic E-state index is 0.152.